The molecule has 0 saturated carbocycles. The third kappa shape index (κ3) is 2.89. The average Bonchev–Trinajstić information content (AvgIpc) is 3.61. The fraction of sp³-hybridized carbons (Fsp3) is 0.0333. The molecule has 0 N–H and O–H groups in total. The van der Waals surface area contributed by atoms with Crippen molar-refractivity contribution in [2.45, 2.75) is 6.92 Å². The van der Waals surface area contributed by atoms with Crippen molar-refractivity contribution in [1.29, 1.82) is 0 Å². The molecule has 162 valence electrons. The van der Waals surface area contributed by atoms with Crippen molar-refractivity contribution < 1.29 is 4.79 Å². The molecule has 0 aliphatic heterocycles. The predicted octanol–water partition coefficient (Wildman–Crippen LogP) is 8.98. The van der Waals surface area contributed by atoms with Gasteiger partial charge in [0.15, 0.2) is 6.29 Å². The van der Waals surface area contributed by atoms with Gasteiger partial charge >= 0.3 is 0 Å². The fourth-order valence-corrected chi connectivity index (χ4v) is 6.92. The number of nitrogens with zero attached hydrogens (tertiary/aromatic N) is 1. The molecular formula is C30H19NOS2. The first-order valence-electron chi connectivity index (χ1n) is 11.2. The number of carbonyl (C=O) groups excluding carboxylic acids is 1. The maximum absolute atomic E-state index is 11.1. The highest BCUT2D eigenvalue weighted by Gasteiger charge is 2.14. The first-order chi connectivity index (χ1) is 16.7. The number of hydrogen-bond donors (Lipinski definition) is 0. The Morgan fingerprint density at radius 1 is 0.647 bits per heavy atom. The number of aromatic nitrogens is 1. The molecule has 0 radical (unpaired) electrons. The lowest BCUT2D eigenvalue weighted by atomic mass is 10.0. The highest BCUT2D eigenvalue weighted by Crippen LogP contribution is 2.40. The van der Waals surface area contributed by atoms with Crippen LogP contribution in [-0.4, -0.2) is 10.7 Å². The Labute approximate surface area is 204 Å². The Kier molecular flexibility index (Phi) is 4.28. The third-order valence-electron chi connectivity index (χ3n) is 6.56. The van der Waals surface area contributed by atoms with E-state index < -0.39 is 0 Å². The summed E-state index contributed by atoms with van der Waals surface area (Å²) < 4.78 is 2.41. The van der Waals surface area contributed by atoms with Crippen LogP contribution in [0.4, 0.5) is 0 Å². The fourth-order valence-electron chi connectivity index (χ4n) is 5.01. The van der Waals surface area contributed by atoms with Gasteiger partial charge in [0.25, 0.3) is 0 Å². The highest BCUT2D eigenvalue weighted by molar-refractivity contribution is 7.24. The molecule has 0 amide bonds. The van der Waals surface area contributed by atoms with Crippen LogP contribution in [-0.2, 0) is 0 Å². The molecule has 0 spiro atoms. The molecular weight excluding hydrogens is 454 g/mol. The molecule has 0 aliphatic rings. The Hall–Kier alpha value is -3.73. The van der Waals surface area contributed by atoms with Crippen LogP contribution < -0.4 is 0 Å². The molecule has 4 heterocycles. The molecule has 4 heteroatoms. The molecule has 2 nitrogen and oxygen atoms in total. The Morgan fingerprint density at radius 3 is 2.26 bits per heavy atom. The second kappa shape index (κ2) is 7.39. The van der Waals surface area contributed by atoms with E-state index in [1.165, 1.54) is 59.0 Å². The molecule has 0 aliphatic carbocycles. The lowest BCUT2D eigenvalue weighted by molar-refractivity contribution is 0.112. The molecule has 4 aromatic heterocycles. The van der Waals surface area contributed by atoms with Crippen LogP contribution in [0.25, 0.3) is 58.3 Å². The molecule has 3 aromatic carbocycles. The molecule has 7 aromatic rings. The lowest BCUT2D eigenvalue weighted by Gasteiger charge is -2.11. The summed E-state index contributed by atoms with van der Waals surface area (Å²) in [6, 6.07) is 32.8. The molecule has 0 atom stereocenters. The standard InChI is InChI=1S/C30H19NOS2/c1-18-6-9-25-20(14-18)16-27-23-5-3-2-4-22(23)24-15-19(7-10-26(24)31(25)27)28-12-13-30(34-28)29-11-8-21(17-32)33-29/h2-17H,1H3. The van der Waals surface area contributed by atoms with Gasteiger partial charge in [0.05, 0.1) is 21.4 Å². The maximum atomic E-state index is 11.1. The Morgan fingerprint density at radius 2 is 1.41 bits per heavy atom. The number of hydrogen-bond acceptors (Lipinski definition) is 3. The minimum Gasteiger partial charge on any atom is -0.309 e. The van der Waals surface area contributed by atoms with E-state index in [1.807, 2.05) is 12.1 Å². The van der Waals surface area contributed by atoms with E-state index in [-0.39, 0.29) is 0 Å². The number of aldehydes is 1. The van der Waals surface area contributed by atoms with Gasteiger partial charge in [0, 0.05) is 30.8 Å². The number of fused-ring (bicyclic) bond motifs is 8. The summed E-state index contributed by atoms with van der Waals surface area (Å²) in [6.07, 6.45) is 0.921. The minimum atomic E-state index is 0.764. The number of pyridine rings is 1. The Bertz CT molecular complexity index is 1900. The van der Waals surface area contributed by atoms with Gasteiger partial charge in [-0.25, -0.2) is 0 Å². The number of aryl methyl sites for hydroxylation is 1. The zero-order chi connectivity index (χ0) is 22.8. The number of benzene rings is 3. The highest BCUT2D eigenvalue weighted by atomic mass is 32.1. The molecule has 0 unspecified atom stereocenters. The zero-order valence-corrected chi connectivity index (χ0v) is 20.0. The summed E-state index contributed by atoms with van der Waals surface area (Å²) >= 11 is 3.32. The van der Waals surface area contributed by atoms with Crippen LogP contribution in [0, 0.1) is 6.92 Å². The zero-order valence-electron chi connectivity index (χ0n) is 18.4. The summed E-state index contributed by atoms with van der Waals surface area (Å²) in [5, 5.41) is 5.08. The van der Waals surface area contributed by atoms with Crippen LogP contribution in [0.15, 0.2) is 91.0 Å². The van der Waals surface area contributed by atoms with Gasteiger partial charge in [-0.3, -0.25) is 4.79 Å². The minimum absolute atomic E-state index is 0.764. The topological polar surface area (TPSA) is 21.5 Å². The SMILES string of the molecule is Cc1ccc2c(c1)cc1c3ccccc3c3cc(-c4ccc(-c5ccc(C=O)s5)s4)ccc3n21. The number of carbonyl (C=O) groups is 1. The second-order valence-electron chi connectivity index (χ2n) is 8.69. The van der Waals surface area contributed by atoms with Gasteiger partial charge in [-0.1, -0.05) is 42.0 Å². The van der Waals surface area contributed by atoms with E-state index >= 15 is 0 Å². The van der Waals surface area contributed by atoms with Crippen molar-refractivity contribution in [2.24, 2.45) is 0 Å². The van der Waals surface area contributed by atoms with Crippen molar-refractivity contribution in [1.82, 2.24) is 4.40 Å². The van der Waals surface area contributed by atoms with Gasteiger partial charge in [-0.05, 0) is 72.5 Å². The quantitative estimate of drug-likeness (QED) is 0.185. The number of rotatable bonds is 3. The van der Waals surface area contributed by atoms with Gasteiger partial charge < -0.3 is 4.40 Å². The third-order valence-corrected chi connectivity index (χ3v) is 8.90. The Balaban J connectivity index is 1.49. The van der Waals surface area contributed by atoms with Crippen molar-refractivity contribution in [3.05, 3.63) is 101 Å². The van der Waals surface area contributed by atoms with Crippen molar-refractivity contribution in [3.8, 4) is 20.2 Å². The molecule has 0 fully saturated rings. The molecule has 0 bridgehead atoms. The van der Waals surface area contributed by atoms with Crippen LogP contribution in [0.5, 0.6) is 0 Å². The van der Waals surface area contributed by atoms with E-state index in [4.69, 9.17) is 0 Å². The molecule has 7 rings (SSSR count). The van der Waals surface area contributed by atoms with Gasteiger partial charge in [-0.15, -0.1) is 22.7 Å². The maximum Gasteiger partial charge on any atom is 0.160 e. The van der Waals surface area contributed by atoms with Crippen LogP contribution in [0.3, 0.4) is 0 Å². The monoisotopic (exact) mass is 473 g/mol. The van der Waals surface area contributed by atoms with E-state index in [0.717, 1.165) is 16.0 Å². The van der Waals surface area contributed by atoms with Crippen molar-refractivity contribution in [3.63, 3.8) is 0 Å². The van der Waals surface area contributed by atoms with Crippen LogP contribution in [0.2, 0.25) is 0 Å². The van der Waals surface area contributed by atoms with Gasteiger partial charge in [0.2, 0.25) is 0 Å². The average molecular weight is 474 g/mol. The number of thiophene rings is 2. The van der Waals surface area contributed by atoms with E-state index in [1.54, 1.807) is 22.7 Å². The van der Waals surface area contributed by atoms with E-state index in [2.05, 4.69) is 90.2 Å². The van der Waals surface area contributed by atoms with E-state index in [0.29, 0.717) is 0 Å². The first kappa shape index (κ1) is 19.7. The molecule has 0 saturated heterocycles. The summed E-state index contributed by atoms with van der Waals surface area (Å²) in [5.41, 5.74) is 6.21. The summed E-state index contributed by atoms with van der Waals surface area (Å²) in [7, 11) is 0. The van der Waals surface area contributed by atoms with E-state index in [9.17, 15) is 4.79 Å². The first-order valence-corrected chi connectivity index (χ1v) is 12.8. The predicted molar refractivity (Wildman–Crippen MR) is 147 cm³/mol. The smallest absolute Gasteiger partial charge is 0.160 e. The summed E-state index contributed by atoms with van der Waals surface area (Å²) in [5.74, 6) is 0. The van der Waals surface area contributed by atoms with Crippen LogP contribution in [0.1, 0.15) is 15.2 Å². The van der Waals surface area contributed by atoms with Crippen molar-refractivity contribution >= 4 is 67.1 Å². The van der Waals surface area contributed by atoms with Crippen LogP contribution >= 0.6 is 22.7 Å². The summed E-state index contributed by atoms with van der Waals surface area (Å²) in [4.78, 5) is 15.4. The lowest BCUT2D eigenvalue weighted by Crippen LogP contribution is -1.91. The second-order valence-corrected chi connectivity index (χ2v) is 10.9. The largest absolute Gasteiger partial charge is 0.309 e. The van der Waals surface area contributed by atoms with Gasteiger partial charge in [0.1, 0.15) is 0 Å². The van der Waals surface area contributed by atoms with Crippen molar-refractivity contribution in [2.75, 3.05) is 0 Å². The normalized spacial score (nSPS) is 11.8. The van der Waals surface area contributed by atoms with Gasteiger partial charge in [-0.2, -0.15) is 0 Å². The molecule has 34 heavy (non-hydrogen) atoms. The summed E-state index contributed by atoms with van der Waals surface area (Å²) in [6.45, 7) is 2.15.